The second kappa shape index (κ2) is 4.16. The highest BCUT2D eigenvalue weighted by molar-refractivity contribution is 9.10. The Kier molecular flexibility index (Phi) is 2.88. The van der Waals surface area contributed by atoms with Gasteiger partial charge >= 0.3 is 0 Å². The molecule has 1 aromatic heterocycles. The molecule has 0 saturated carbocycles. The summed E-state index contributed by atoms with van der Waals surface area (Å²) in [6.45, 7) is 1.91. The van der Waals surface area contributed by atoms with Crippen molar-refractivity contribution in [1.82, 2.24) is 9.78 Å². The van der Waals surface area contributed by atoms with Crippen molar-refractivity contribution in [1.29, 1.82) is 0 Å². The van der Waals surface area contributed by atoms with Crippen LogP contribution in [0.4, 0.5) is 0 Å². The molecule has 2 rings (SSSR count). The van der Waals surface area contributed by atoms with Crippen molar-refractivity contribution < 1.29 is 5.11 Å². The van der Waals surface area contributed by atoms with Gasteiger partial charge in [-0.15, -0.1) is 0 Å². The summed E-state index contributed by atoms with van der Waals surface area (Å²) in [5, 5.41) is 13.4. The van der Waals surface area contributed by atoms with Gasteiger partial charge in [0.15, 0.2) is 0 Å². The quantitative estimate of drug-likeness (QED) is 0.907. The highest BCUT2D eigenvalue weighted by atomic mass is 79.9. The lowest BCUT2D eigenvalue weighted by Gasteiger charge is -2.02. The maximum Gasteiger partial charge on any atom is 0.0787 e. The number of halogens is 1. The van der Waals surface area contributed by atoms with Gasteiger partial charge in [0.05, 0.1) is 18.0 Å². The summed E-state index contributed by atoms with van der Waals surface area (Å²) in [7, 11) is 0. The van der Waals surface area contributed by atoms with E-state index in [4.69, 9.17) is 5.11 Å². The molecule has 0 amide bonds. The van der Waals surface area contributed by atoms with E-state index >= 15 is 0 Å². The van der Waals surface area contributed by atoms with E-state index in [9.17, 15) is 0 Å². The Balaban J connectivity index is 2.50. The largest absolute Gasteiger partial charge is 0.392 e. The van der Waals surface area contributed by atoms with E-state index in [0.29, 0.717) is 0 Å². The van der Waals surface area contributed by atoms with Gasteiger partial charge in [-0.3, -0.25) is 0 Å². The van der Waals surface area contributed by atoms with Gasteiger partial charge in [0.1, 0.15) is 0 Å². The highest BCUT2D eigenvalue weighted by Crippen LogP contribution is 2.20. The SMILES string of the molecule is Cc1nn(-c2ccccc2Br)cc1CO. The maximum absolute atomic E-state index is 9.08. The third-order valence-corrected chi connectivity index (χ3v) is 2.94. The Morgan fingerprint density at radius 2 is 2.13 bits per heavy atom. The molecule has 0 unspecified atom stereocenters. The third-order valence-electron chi connectivity index (χ3n) is 2.27. The molecule has 78 valence electrons. The Morgan fingerprint density at radius 3 is 2.73 bits per heavy atom. The minimum atomic E-state index is 0.0241. The lowest BCUT2D eigenvalue weighted by molar-refractivity contribution is 0.281. The molecule has 1 heterocycles. The van der Waals surface area contributed by atoms with Gasteiger partial charge in [-0.1, -0.05) is 12.1 Å². The topological polar surface area (TPSA) is 38.0 Å². The fourth-order valence-electron chi connectivity index (χ4n) is 1.41. The zero-order chi connectivity index (χ0) is 10.8. The number of hydrogen-bond acceptors (Lipinski definition) is 2. The Hall–Kier alpha value is -1.13. The van der Waals surface area contributed by atoms with Gasteiger partial charge in [0.2, 0.25) is 0 Å². The average molecular weight is 267 g/mol. The molecule has 0 saturated heterocycles. The van der Waals surface area contributed by atoms with E-state index in [1.54, 1.807) is 4.68 Å². The number of benzene rings is 1. The van der Waals surface area contributed by atoms with E-state index in [1.165, 1.54) is 0 Å². The standard InChI is InChI=1S/C11H11BrN2O/c1-8-9(7-15)6-14(13-8)11-5-3-2-4-10(11)12/h2-6,15H,7H2,1H3. The number of para-hydroxylation sites is 1. The van der Waals surface area contributed by atoms with Crippen molar-refractivity contribution >= 4 is 15.9 Å². The van der Waals surface area contributed by atoms with E-state index in [2.05, 4.69) is 21.0 Å². The average Bonchev–Trinajstić information content (AvgIpc) is 2.60. The summed E-state index contributed by atoms with van der Waals surface area (Å²) >= 11 is 3.47. The summed E-state index contributed by atoms with van der Waals surface area (Å²) in [4.78, 5) is 0. The maximum atomic E-state index is 9.08. The molecule has 0 bridgehead atoms. The van der Waals surface area contributed by atoms with Crippen LogP contribution < -0.4 is 0 Å². The second-order valence-corrected chi connectivity index (χ2v) is 4.15. The molecule has 0 atom stereocenters. The molecule has 4 heteroatoms. The van der Waals surface area contributed by atoms with Crippen LogP contribution in [0.5, 0.6) is 0 Å². The fraction of sp³-hybridized carbons (Fsp3) is 0.182. The molecular weight excluding hydrogens is 256 g/mol. The summed E-state index contributed by atoms with van der Waals surface area (Å²) in [5.41, 5.74) is 2.68. The summed E-state index contributed by atoms with van der Waals surface area (Å²) in [6, 6.07) is 7.84. The molecule has 0 radical (unpaired) electrons. The van der Waals surface area contributed by atoms with Crippen molar-refractivity contribution in [3.63, 3.8) is 0 Å². The molecule has 0 spiro atoms. The number of hydrogen-bond donors (Lipinski definition) is 1. The summed E-state index contributed by atoms with van der Waals surface area (Å²) < 4.78 is 2.75. The molecule has 1 aromatic carbocycles. The molecule has 1 N–H and O–H groups in total. The van der Waals surface area contributed by atoms with E-state index < -0.39 is 0 Å². The molecule has 15 heavy (non-hydrogen) atoms. The minimum Gasteiger partial charge on any atom is -0.392 e. The molecule has 2 aromatic rings. The number of rotatable bonds is 2. The first-order chi connectivity index (χ1) is 7.22. The number of aromatic nitrogens is 2. The molecule has 3 nitrogen and oxygen atoms in total. The van der Waals surface area contributed by atoms with Crippen LogP contribution in [-0.4, -0.2) is 14.9 Å². The van der Waals surface area contributed by atoms with Crippen LogP contribution in [0.25, 0.3) is 5.69 Å². The Bertz CT molecular complexity index is 479. The van der Waals surface area contributed by atoms with Gasteiger partial charge in [0.25, 0.3) is 0 Å². The fourth-order valence-corrected chi connectivity index (χ4v) is 1.88. The minimum absolute atomic E-state index is 0.0241. The second-order valence-electron chi connectivity index (χ2n) is 3.29. The van der Waals surface area contributed by atoms with Crippen LogP contribution in [0.15, 0.2) is 34.9 Å². The van der Waals surface area contributed by atoms with Gasteiger partial charge in [-0.2, -0.15) is 5.10 Å². The van der Waals surface area contributed by atoms with Crippen LogP contribution in [0.2, 0.25) is 0 Å². The number of aryl methyl sites for hydroxylation is 1. The van der Waals surface area contributed by atoms with Crippen LogP contribution >= 0.6 is 15.9 Å². The summed E-state index contributed by atoms with van der Waals surface area (Å²) in [6.07, 6.45) is 1.84. The van der Waals surface area contributed by atoms with E-state index in [1.807, 2.05) is 37.4 Å². The van der Waals surface area contributed by atoms with E-state index in [-0.39, 0.29) is 6.61 Å². The Labute approximate surface area is 96.5 Å². The lowest BCUT2D eigenvalue weighted by atomic mass is 10.3. The predicted octanol–water partition coefficient (Wildman–Crippen LogP) is 2.44. The van der Waals surface area contributed by atoms with Crippen LogP contribution in [0.1, 0.15) is 11.3 Å². The number of aliphatic hydroxyl groups excluding tert-OH is 1. The lowest BCUT2D eigenvalue weighted by Crippen LogP contribution is -1.95. The van der Waals surface area contributed by atoms with Gasteiger partial charge in [-0.05, 0) is 35.0 Å². The van der Waals surface area contributed by atoms with Gasteiger partial charge in [-0.25, -0.2) is 4.68 Å². The first-order valence-electron chi connectivity index (χ1n) is 4.63. The van der Waals surface area contributed by atoms with Crippen molar-refractivity contribution in [2.45, 2.75) is 13.5 Å². The van der Waals surface area contributed by atoms with Crippen molar-refractivity contribution in [2.24, 2.45) is 0 Å². The molecule has 0 aliphatic heterocycles. The highest BCUT2D eigenvalue weighted by Gasteiger charge is 2.06. The summed E-state index contributed by atoms with van der Waals surface area (Å²) in [5.74, 6) is 0. The van der Waals surface area contributed by atoms with Crippen LogP contribution in [0, 0.1) is 6.92 Å². The van der Waals surface area contributed by atoms with Crippen molar-refractivity contribution in [3.8, 4) is 5.69 Å². The normalized spacial score (nSPS) is 10.6. The van der Waals surface area contributed by atoms with Crippen molar-refractivity contribution in [3.05, 3.63) is 46.2 Å². The van der Waals surface area contributed by atoms with Crippen molar-refractivity contribution in [2.75, 3.05) is 0 Å². The molecule has 0 fully saturated rings. The third kappa shape index (κ3) is 1.96. The van der Waals surface area contributed by atoms with Gasteiger partial charge in [0, 0.05) is 16.2 Å². The van der Waals surface area contributed by atoms with Crippen LogP contribution in [0.3, 0.4) is 0 Å². The number of aliphatic hydroxyl groups is 1. The van der Waals surface area contributed by atoms with Gasteiger partial charge < -0.3 is 5.11 Å². The zero-order valence-electron chi connectivity index (χ0n) is 8.31. The first kappa shape index (κ1) is 10.4. The van der Waals surface area contributed by atoms with E-state index in [0.717, 1.165) is 21.4 Å². The monoisotopic (exact) mass is 266 g/mol. The number of nitrogens with zero attached hydrogens (tertiary/aromatic N) is 2. The Morgan fingerprint density at radius 1 is 1.40 bits per heavy atom. The predicted molar refractivity (Wildman–Crippen MR) is 61.9 cm³/mol. The molecular formula is C11H11BrN2O. The molecule has 0 aliphatic carbocycles. The zero-order valence-corrected chi connectivity index (χ0v) is 9.90. The first-order valence-corrected chi connectivity index (χ1v) is 5.42. The molecule has 0 aliphatic rings. The smallest absolute Gasteiger partial charge is 0.0787 e. The van der Waals surface area contributed by atoms with Crippen LogP contribution in [-0.2, 0) is 6.61 Å².